The van der Waals surface area contributed by atoms with Crippen LogP contribution in [0.25, 0.3) is 0 Å². The van der Waals surface area contributed by atoms with Crippen molar-refractivity contribution in [1.82, 2.24) is 0 Å². The van der Waals surface area contributed by atoms with Gasteiger partial charge in [-0.1, -0.05) is 11.6 Å². The SMILES string of the molecule is CN(c1c(F)cc(S(N)(=O)=O)cc1Cl)C1CCOCC1. The standard InChI is InChI=1S/C12H16ClFN2O3S/c1-16(8-2-4-19-5-3-8)12-10(13)6-9(7-11(12)14)20(15,17)18/h6-8H,2-5H2,1H3,(H2,15,17,18). The maximum absolute atomic E-state index is 14.2. The summed E-state index contributed by atoms with van der Waals surface area (Å²) in [6.45, 7) is 1.23. The number of anilines is 1. The zero-order valence-corrected chi connectivity index (χ0v) is 12.5. The van der Waals surface area contributed by atoms with Gasteiger partial charge in [-0.15, -0.1) is 0 Å². The first-order valence-corrected chi connectivity index (χ1v) is 8.05. The fraction of sp³-hybridized carbons (Fsp3) is 0.500. The molecule has 0 saturated carbocycles. The van der Waals surface area contributed by atoms with Crippen molar-refractivity contribution in [2.45, 2.75) is 23.8 Å². The molecule has 1 fully saturated rings. The van der Waals surface area contributed by atoms with E-state index >= 15 is 0 Å². The highest BCUT2D eigenvalue weighted by Crippen LogP contribution is 2.33. The van der Waals surface area contributed by atoms with Crippen LogP contribution in [0.1, 0.15) is 12.8 Å². The first kappa shape index (κ1) is 15.5. The number of benzene rings is 1. The molecule has 1 saturated heterocycles. The van der Waals surface area contributed by atoms with Crippen molar-refractivity contribution in [3.63, 3.8) is 0 Å². The summed E-state index contributed by atoms with van der Waals surface area (Å²) in [5.74, 6) is -0.699. The first-order chi connectivity index (χ1) is 9.30. The largest absolute Gasteiger partial charge is 0.381 e. The lowest BCUT2D eigenvalue weighted by molar-refractivity contribution is 0.0853. The number of hydrogen-bond donors (Lipinski definition) is 1. The third-order valence-corrected chi connectivity index (χ3v) is 4.59. The van der Waals surface area contributed by atoms with Crippen LogP contribution in [-0.4, -0.2) is 34.7 Å². The Labute approximate surface area is 122 Å². The van der Waals surface area contributed by atoms with Crippen LogP contribution in [0.4, 0.5) is 10.1 Å². The smallest absolute Gasteiger partial charge is 0.238 e. The van der Waals surface area contributed by atoms with Crippen LogP contribution in [-0.2, 0) is 14.8 Å². The quantitative estimate of drug-likeness (QED) is 0.920. The number of halogens is 2. The Hall–Kier alpha value is -0.890. The highest BCUT2D eigenvalue weighted by Gasteiger charge is 2.24. The molecule has 1 aromatic carbocycles. The number of ether oxygens (including phenoxy) is 1. The van der Waals surface area contributed by atoms with E-state index in [-0.39, 0.29) is 21.6 Å². The third-order valence-electron chi connectivity index (χ3n) is 3.41. The Kier molecular flexibility index (Phi) is 4.53. The van der Waals surface area contributed by atoms with Gasteiger partial charge in [0.15, 0.2) is 0 Å². The molecule has 1 aliphatic rings. The zero-order valence-electron chi connectivity index (χ0n) is 11.0. The lowest BCUT2D eigenvalue weighted by atomic mass is 10.1. The average Bonchev–Trinajstić information content (AvgIpc) is 2.37. The predicted octanol–water partition coefficient (Wildman–Crippen LogP) is 1.74. The summed E-state index contributed by atoms with van der Waals surface area (Å²) in [6, 6.07) is 2.17. The molecule has 0 spiro atoms. The van der Waals surface area contributed by atoms with Gasteiger partial charge in [-0.2, -0.15) is 0 Å². The van der Waals surface area contributed by atoms with E-state index in [9.17, 15) is 12.8 Å². The normalized spacial score (nSPS) is 17.2. The van der Waals surface area contributed by atoms with E-state index in [1.165, 1.54) is 6.07 Å². The Balaban J connectivity index is 2.37. The van der Waals surface area contributed by atoms with Crippen LogP contribution >= 0.6 is 11.6 Å². The van der Waals surface area contributed by atoms with E-state index in [2.05, 4.69) is 0 Å². The summed E-state index contributed by atoms with van der Waals surface area (Å²) in [5.41, 5.74) is 0.186. The Bertz CT molecular complexity index is 580. The number of hydrogen-bond acceptors (Lipinski definition) is 4. The monoisotopic (exact) mass is 322 g/mol. The van der Waals surface area contributed by atoms with E-state index in [0.717, 1.165) is 18.9 Å². The Morgan fingerprint density at radius 1 is 1.40 bits per heavy atom. The highest BCUT2D eigenvalue weighted by atomic mass is 35.5. The fourth-order valence-electron chi connectivity index (χ4n) is 2.30. The summed E-state index contributed by atoms with van der Waals surface area (Å²) in [4.78, 5) is 1.40. The van der Waals surface area contributed by atoms with Crippen LogP contribution in [0.3, 0.4) is 0 Å². The number of sulfonamides is 1. The molecule has 0 atom stereocenters. The lowest BCUT2D eigenvalue weighted by Crippen LogP contribution is -2.37. The van der Waals surface area contributed by atoms with Gasteiger partial charge in [0.05, 0.1) is 15.6 Å². The minimum Gasteiger partial charge on any atom is -0.381 e. The Morgan fingerprint density at radius 3 is 2.50 bits per heavy atom. The summed E-state index contributed by atoms with van der Waals surface area (Å²) >= 11 is 6.02. The van der Waals surface area contributed by atoms with Crippen LogP contribution in [0.5, 0.6) is 0 Å². The van der Waals surface area contributed by atoms with Crippen molar-refractivity contribution in [2.24, 2.45) is 5.14 Å². The molecule has 0 aromatic heterocycles. The van der Waals surface area contributed by atoms with E-state index < -0.39 is 15.8 Å². The molecule has 1 aromatic rings. The van der Waals surface area contributed by atoms with Crippen molar-refractivity contribution in [2.75, 3.05) is 25.2 Å². The highest BCUT2D eigenvalue weighted by molar-refractivity contribution is 7.89. The minimum absolute atomic E-state index is 0.0306. The third kappa shape index (κ3) is 3.22. The molecule has 0 bridgehead atoms. The number of nitrogens with two attached hydrogens (primary N) is 1. The molecule has 1 heterocycles. The molecule has 0 aliphatic carbocycles. The van der Waals surface area contributed by atoms with Gasteiger partial charge in [0.25, 0.3) is 0 Å². The van der Waals surface area contributed by atoms with Gasteiger partial charge in [-0.3, -0.25) is 0 Å². The molecule has 0 amide bonds. The van der Waals surface area contributed by atoms with Crippen molar-refractivity contribution >= 4 is 27.3 Å². The number of primary sulfonamides is 1. The number of rotatable bonds is 3. The average molecular weight is 323 g/mol. The second kappa shape index (κ2) is 5.85. The summed E-state index contributed by atoms with van der Waals surface area (Å²) in [5, 5.41) is 5.01. The lowest BCUT2D eigenvalue weighted by Gasteiger charge is -2.33. The van der Waals surface area contributed by atoms with Gasteiger partial charge in [0.1, 0.15) is 5.82 Å². The fourth-order valence-corrected chi connectivity index (χ4v) is 3.25. The summed E-state index contributed by atoms with van der Waals surface area (Å²) in [6.07, 6.45) is 1.53. The van der Waals surface area contributed by atoms with Crippen LogP contribution < -0.4 is 10.0 Å². The van der Waals surface area contributed by atoms with Crippen molar-refractivity contribution in [3.8, 4) is 0 Å². The van der Waals surface area contributed by atoms with E-state index in [4.69, 9.17) is 21.5 Å². The van der Waals surface area contributed by atoms with Crippen molar-refractivity contribution < 1.29 is 17.5 Å². The molecule has 1 aliphatic heterocycles. The molecule has 2 rings (SSSR count). The molecule has 20 heavy (non-hydrogen) atoms. The van der Waals surface area contributed by atoms with Crippen LogP contribution in [0.15, 0.2) is 17.0 Å². The number of nitrogens with zero attached hydrogens (tertiary/aromatic N) is 1. The van der Waals surface area contributed by atoms with Crippen LogP contribution in [0.2, 0.25) is 5.02 Å². The van der Waals surface area contributed by atoms with E-state index in [1.54, 1.807) is 11.9 Å². The zero-order chi connectivity index (χ0) is 14.9. The molecule has 0 unspecified atom stereocenters. The molecular weight excluding hydrogens is 307 g/mol. The van der Waals surface area contributed by atoms with Gasteiger partial charge in [-0.25, -0.2) is 17.9 Å². The summed E-state index contributed by atoms with van der Waals surface area (Å²) in [7, 11) is -2.25. The summed E-state index contributed by atoms with van der Waals surface area (Å²) < 4.78 is 41.9. The van der Waals surface area contributed by atoms with Crippen molar-refractivity contribution in [1.29, 1.82) is 0 Å². The first-order valence-electron chi connectivity index (χ1n) is 6.13. The predicted molar refractivity (Wildman–Crippen MR) is 75.0 cm³/mol. The maximum atomic E-state index is 14.2. The van der Waals surface area contributed by atoms with Gasteiger partial charge in [0, 0.05) is 26.3 Å². The Morgan fingerprint density at radius 2 is 2.00 bits per heavy atom. The van der Waals surface area contributed by atoms with E-state index in [1.807, 2.05) is 0 Å². The van der Waals surface area contributed by atoms with Gasteiger partial charge >= 0.3 is 0 Å². The van der Waals surface area contributed by atoms with Crippen molar-refractivity contribution in [3.05, 3.63) is 23.0 Å². The van der Waals surface area contributed by atoms with Crippen LogP contribution in [0, 0.1) is 5.82 Å². The maximum Gasteiger partial charge on any atom is 0.238 e. The second-order valence-corrected chi connectivity index (χ2v) is 6.70. The molecule has 8 heteroatoms. The molecule has 0 radical (unpaired) electrons. The molecule has 5 nitrogen and oxygen atoms in total. The molecular formula is C12H16ClFN2O3S. The minimum atomic E-state index is -3.98. The second-order valence-electron chi connectivity index (χ2n) is 4.73. The van der Waals surface area contributed by atoms with Gasteiger partial charge in [0.2, 0.25) is 10.0 Å². The van der Waals surface area contributed by atoms with Gasteiger partial charge in [-0.05, 0) is 25.0 Å². The topological polar surface area (TPSA) is 72.6 Å². The molecule has 112 valence electrons. The van der Waals surface area contributed by atoms with Gasteiger partial charge < -0.3 is 9.64 Å². The van der Waals surface area contributed by atoms with E-state index in [0.29, 0.717) is 13.2 Å². The molecule has 2 N–H and O–H groups in total.